The van der Waals surface area contributed by atoms with Gasteiger partial charge in [-0.15, -0.1) is 0 Å². The third-order valence-corrected chi connectivity index (χ3v) is 2.43. The van der Waals surface area contributed by atoms with Gasteiger partial charge >= 0.3 is 5.69 Å². The van der Waals surface area contributed by atoms with Crippen LogP contribution in [0.25, 0.3) is 0 Å². The minimum Gasteiger partial charge on any atom is -0.496 e. The Morgan fingerprint density at radius 1 is 1.29 bits per heavy atom. The Labute approximate surface area is 99.5 Å². The van der Waals surface area contributed by atoms with Crippen LogP contribution in [0, 0.1) is 10.1 Å². The molecule has 0 atom stereocenters. The van der Waals surface area contributed by atoms with Crippen molar-refractivity contribution in [2.75, 3.05) is 20.8 Å². The molecule has 0 spiro atoms. The number of nitrogens with two attached hydrogens (primary N) is 1. The first-order valence-electron chi connectivity index (χ1n) is 5.23. The van der Waals surface area contributed by atoms with Gasteiger partial charge in [-0.05, 0) is 31.0 Å². The third-order valence-electron chi connectivity index (χ3n) is 2.43. The monoisotopic (exact) mass is 240 g/mol. The summed E-state index contributed by atoms with van der Waals surface area (Å²) in [4.78, 5) is 10.3. The van der Waals surface area contributed by atoms with Gasteiger partial charge in [0.1, 0.15) is 5.75 Å². The summed E-state index contributed by atoms with van der Waals surface area (Å²) >= 11 is 0. The molecule has 6 heteroatoms. The summed E-state index contributed by atoms with van der Waals surface area (Å²) in [5, 5.41) is 10.8. The van der Waals surface area contributed by atoms with Crippen LogP contribution in [-0.4, -0.2) is 25.7 Å². The summed E-state index contributed by atoms with van der Waals surface area (Å²) in [5.41, 5.74) is 6.20. The number of ether oxygens (including phenoxy) is 2. The van der Waals surface area contributed by atoms with E-state index < -0.39 is 4.92 Å². The minimum absolute atomic E-state index is 0.0964. The molecule has 0 saturated heterocycles. The molecule has 17 heavy (non-hydrogen) atoms. The zero-order chi connectivity index (χ0) is 12.8. The lowest BCUT2D eigenvalue weighted by atomic mass is 10.1. The molecule has 0 amide bonds. The third kappa shape index (κ3) is 3.07. The van der Waals surface area contributed by atoms with E-state index in [0.717, 1.165) is 12.0 Å². The lowest BCUT2D eigenvalue weighted by Crippen LogP contribution is -2.03. The van der Waals surface area contributed by atoms with Gasteiger partial charge in [-0.25, -0.2) is 0 Å². The number of nitrogens with zero attached hydrogens (tertiary/aromatic N) is 1. The predicted molar refractivity (Wildman–Crippen MR) is 63.6 cm³/mol. The number of aryl methyl sites for hydroxylation is 1. The van der Waals surface area contributed by atoms with Crippen LogP contribution in [-0.2, 0) is 6.42 Å². The Bertz CT molecular complexity index is 407. The molecule has 1 aromatic carbocycles. The smallest absolute Gasteiger partial charge is 0.314 e. The van der Waals surface area contributed by atoms with Crippen molar-refractivity contribution in [1.29, 1.82) is 0 Å². The van der Waals surface area contributed by atoms with Crippen molar-refractivity contribution in [2.45, 2.75) is 12.8 Å². The summed E-state index contributed by atoms with van der Waals surface area (Å²) in [7, 11) is 2.89. The lowest BCUT2D eigenvalue weighted by molar-refractivity contribution is -0.385. The topological polar surface area (TPSA) is 87.6 Å². The van der Waals surface area contributed by atoms with Crippen molar-refractivity contribution >= 4 is 5.69 Å². The van der Waals surface area contributed by atoms with E-state index in [9.17, 15) is 10.1 Å². The van der Waals surface area contributed by atoms with E-state index in [1.807, 2.05) is 0 Å². The SMILES string of the molecule is COc1cc([N+](=O)[O-])c(OC)cc1CCCN. The molecule has 0 fully saturated rings. The van der Waals surface area contributed by atoms with Crippen LogP contribution < -0.4 is 15.2 Å². The largest absolute Gasteiger partial charge is 0.496 e. The zero-order valence-corrected chi connectivity index (χ0v) is 9.93. The summed E-state index contributed by atoms with van der Waals surface area (Å²) in [6.45, 7) is 0.558. The summed E-state index contributed by atoms with van der Waals surface area (Å²) in [6.07, 6.45) is 1.49. The number of hydrogen-bond donors (Lipinski definition) is 1. The molecule has 0 aliphatic heterocycles. The molecule has 0 saturated carbocycles. The molecule has 0 aliphatic carbocycles. The zero-order valence-electron chi connectivity index (χ0n) is 9.93. The average molecular weight is 240 g/mol. The first-order valence-corrected chi connectivity index (χ1v) is 5.23. The minimum atomic E-state index is -0.492. The van der Waals surface area contributed by atoms with Crippen molar-refractivity contribution in [2.24, 2.45) is 5.73 Å². The molecule has 6 nitrogen and oxygen atoms in total. The number of benzene rings is 1. The second kappa shape index (κ2) is 6.05. The Morgan fingerprint density at radius 2 is 1.94 bits per heavy atom. The fourth-order valence-corrected chi connectivity index (χ4v) is 1.58. The van der Waals surface area contributed by atoms with Gasteiger partial charge < -0.3 is 15.2 Å². The molecule has 1 rings (SSSR count). The molecule has 94 valence electrons. The molecule has 0 unspecified atom stereocenters. The maximum Gasteiger partial charge on any atom is 0.314 e. The van der Waals surface area contributed by atoms with E-state index in [-0.39, 0.29) is 11.4 Å². The second-order valence-electron chi connectivity index (χ2n) is 3.49. The summed E-state index contributed by atoms with van der Waals surface area (Å²) < 4.78 is 10.1. The molecule has 0 aliphatic rings. The van der Waals surface area contributed by atoms with Crippen LogP contribution in [0.1, 0.15) is 12.0 Å². The van der Waals surface area contributed by atoms with Crippen molar-refractivity contribution in [3.8, 4) is 11.5 Å². The van der Waals surface area contributed by atoms with Gasteiger partial charge in [-0.2, -0.15) is 0 Å². The number of nitro groups is 1. The van der Waals surface area contributed by atoms with Crippen LogP contribution in [0.5, 0.6) is 11.5 Å². The lowest BCUT2D eigenvalue weighted by Gasteiger charge is -2.10. The Kier molecular flexibility index (Phi) is 4.71. The molecular formula is C11H16N2O4. The highest BCUT2D eigenvalue weighted by atomic mass is 16.6. The highest BCUT2D eigenvalue weighted by Gasteiger charge is 2.19. The van der Waals surface area contributed by atoms with Crippen molar-refractivity contribution in [3.05, 3.63) is 27.8 Å². The highest BCUT2D eigenvalue weighted by Crippen LogP contribution is 2.34. The average Bonchev–Trinajstić information content (AvgIpc) is 2.34. The van der Waals surface area contributed by atoms with E-state index in [4.69, 9.17) is 15.2 Å². The van der Waals surface area contributed by atoms with Gasteiger partial charge in [-0.1, -0.05) is 0 Å². The van der Waals surface area contributed by atoms with Crippen LogP contribution in [0.2, 0.25) is 0 Å². The van der Waals surface area contributed by atoms with Gasteiger partial charge in [0.2, 0.25) is 0 Å². The Morgan fingerprint density at radius 3 is 2.41 bits per heavy atom. The fraction of sp³-hybridized carbons (Fsp3) is 0.455. The van der Waals surface area contributed by atoms with E-state index in [1.165, 1.54) is 20.3 Å². The summed E-state index contributed by atoms with van der Waals surface area (Å²) in [5.74, 6) is 0.730. The van der Waals surface area contributed by atoms with Crippen LogP contribution in [0.15, 0.2) is 12.1 Å². The molecule has 0 aromatic heterocycles. The van der Waals surface area contributed by atoms with Crippen LogP contribution in [0.4, 0.5) is 5.69 Å². The van der Waals surface area contributed by atoms with Crippen molar-refractivity contribution < 1.29 is 14.4 Å². The molecular weight excluding hydrogens is 224 g/mol. The molecule has 0 radical (unpaired) electrons. The standard InChI is InChI=1S/C11H16N2O4/c1-16-10-7-9(13(14)15)11(17-2)6-8(10)4-3-5-12/h6-7H,3-5,12H2,1-2H3. The quantitative estimate of drug-likeness (QED) is 0.601. The summed E-state index contributed by atoms with van der Waals surface area (Å²) in [6, 6.07) is 3.01. The first-order chi connectivity index (χ1) is 8.13. The van der Waals surface area contributed by atoms with E-state index in [0.29, 0.717) is 18.7 Å². The maximum absolute atomic E-state index is 10.8. The van der Waals surface area contributed by atoms with E-state index in [1.54, 1.807) is 6.07 Å². The van der Waals surface area contributed by atoms with Crippen molar-refractivity contribution in [3.63, 3.8) is 0 Å². The van der Waals surface area contributed by atoms with Crippen LogP contribution in [0.3, 0.4) is 0 Å². The van der Waals surface area contributed by atoms with E-state index in [2.05, 4.69) is 0 Å². The second-order valence-corrected chi connectivity index (χ2v) is 3.49. The molecule has 2 N–H and O–H groups in total. The number of methoxy groups -OCH3 is 2. The predicted octanol–water partition coefficient (Wildman–Crippen LogP) is 1.50. The van der Waals surface area contributed by atoms with E-state index >= 15 is 0 Å². The number of rotatable bonds is 6. The molecule has 0 bridgehead atoms. The van der Waals surface area contributed by atoms with Gasteiger partial charge in [0.25, 0.3) is 0 Å². The maximum atomic E-state index is 10.8. The number of nitro benzene ring substituents is 1. The highest BCUT2D eigenvalue weighted by molar-refractivity contribution is 5.55. The van der Waals surface area contributed by atoms with Gasteiger partial charge in [0.05, 0.1) is 25.2 Å². The molecule has 1 aromatic rings. The number of hydrogen-bond acceptors (Lipinski definition) is 5. The molecule has 0 heterocycles. The Hall–Kier alpha value is -1.82. The fourth-order valence-electron chi connectivity index (χ4n) is 1.58. The van der Waals surface area contributed by atoms with Gasteiger partial charge in [0, 0.05) is 0 Å². The first kappa shape index (κ1) is 13.2. The van der Waals surface area contributed by atoms with Crippen LogP contribution >= 0.6 is 0 Å². The van der Waals surface area contributed by atoms with Gasteiger partial charge in [0.15, 0.2) is 5.75 Å². The normalized spacial score (nSPS) is 10.1. The van der Waals surface area contributed by atoms with Crippen molar-refractivity contribution in [1.82, 2.24) is 0 Å². The Balaban J connectivity index is 3.17. The van der Waals surface area contributed by atoms with Gasteiger partial charge in [-0.3, -0.25) is 10.1 Å².